The summed E-state index contributed by atoms with van der Waals surface area (Å²) in [7, 11) is 0. The van der Waals surface area contributed by atoms with E-state index >= 15 is 0 Å². The van der Waals surface area contributed by atoms with Crippen LogP contribution in [0.15, 0.2) is 0 Å². The summed E-state index contributed by atoms with van der Waals surface area (Å²) in [6.07, 6.45) is 13.8. The van der Waals surface area contributed by atoms with Gasteiger partial charge in [0.1, 0.15) is 0 Å². The molecule has 0 amide bonds. The first-order valence-corrected chi connectivity index (χ1v) is 10.5. The number of aliphatic hydroxyl groups is 1. The lowest BCUT2D eigenvalue weighted by atomic mass is 10.1. The van der Waals surface area contributed by atoms with Crippen molar-refractivity contribution < 1.29 is 36.4 Å². The zero-order valence-corrected chi connectivity index (χ0v) is 17.7. The second-order valence-corrected chi connectivity index (χ2v) is 6.65. The van der Waals surface area contributed by atoms with Crippen LogP contribution in [0.5, 0.6) is 0 Å². The van der Waals surface area contributed by atoms with Crippen molar-refractivity contribution in [3.8, 4) is 0 Å². The van der Waals surface area contributed by atoms with Gasteiger partial charge in [-0.15, -0.1) is 0 Å². The maximum Gasteiger partial charge on any atom is 0.0985 e. The molecule has 7 N–H and O–H groups in total. The lowest BCUT2D eigenvalue weighted by molar-refractivity contribution is -0.368. The van der Waals surface area contributed by atoms with E-state index in [1.54, 1.807) is 0 Å². The van der Waals surface area contributed by atoms with Crippen LogP contribution in [-0.2, 0) is 9.59 Å². The first kappa shape index (κ1) is 30.5. The van der Waals surface area contributed by atoms with Crippen LogP contribution >= 0.6 is 0 Å². The Bertz CT molecular complexity index is 289. The molecule has 0 spiro atoms. The minimum Gasteiger partial charge on any atom is -0.550 e. The van der Waals surface area contributed by atoms with Gasteiger partial charge in [0.25, 0.3) is 0 Å². The van der Waals surface area contributed by atoms with Gasteiger partial charge in [0.05, 0.1) is 25.2 Å². The molecular formula is C20H44N2O5. The highest BCUT2D eigenvalue weighted by Crippen LogP contribution is 2.03. The fraction of sp³-hybridized carbons (Fsp3) is 0.900. The Labute approximate surface area is 165 Å². The summed E-state index contributed by atoms with van der Waals surface area (Å²) < 4.78 is 0. The molecule has 7 nitrogen and oxygen atoms in total. The molecule has 0 aliphatic rings. The number of quaternary nitrogens is 2. The monoisotopic (exact) mass is 392 g/mol. The number of unbranched alkanes of at least 4 members (excludes halogenated alkanes) is 10. The van der Waals surface area contributed by atoms with E-state index in [9.17, 15) is 19.8 Å². The molecule has 0 aromatic heterocycles. The molecular weight excluding hydrogens is 348 g/mol. The smallest absolute Gasteiger partial charge is 0.0985 e. The Hall–Kier alpha value is -1.18. The van der Waals surface area contributed by atoms with Crippen molar-refractivity contribution in [1.82, 2.24) is 0 Å². The minimum atomic E-state index is -1.96. The van der Waals surface area contributed by atoms with Crippen LogP contribution in [0.25, 0.3) is 0 Å². The number of carboxylic acid groups (broad SMARTS) is 2. The van der Waals surface area contributed by atoms with Gasteiger partial charge in [-0.05, 0) is 25.7 Å². The molecule has 164 valence electrons. The van der Waals surface area contributed by atoms with Gasteiger partial charge in [-0.2, -0.15) is 0 Å². The van der Waals surface area contributed by atoms with Gasteiger partial charge in [0, 0.05) is 12.4 Å². The van der Waals surface area contributed by atoms with Crippen molar-refractivity contribution in [3.05, 3.63) is 0 Å². The zero-order chi connectivity index (χ0) is 21.3. The number of carbonyl (C=O) groups is 2. The zero-order valence-electron chi connectivity index (χ0n) is 17.7. The fourth-order valence-electron chi connectivity index (χ4n) is 2.16. The predicted molar refractivity (Wildman–Crippen MR) is 103 cm³/mol. The van der Waals surface area contributed by atoms with Crippen LogP contribution in [0.1, 0.15) is 97.3 Å². The van der Waals surface area contributed by atoms with E-state index in [1.807, 2.05) is 0 Å². The predicted octanol–water partition coefficient (Wildman–Crippen LogP) is -0.585. The van der Waals surface area contributed by atoms with Crippen molar-refractivity contribution in [2.75, 3.05) is 13.1 Å². The van der Waals surface area contributed by atoms with Crippen LogP contribution in [0, 0.1) is 0 Å². The summed E-state index contributed by atoms with van der Waals surface area (Å²) in [5, 5.41) is 27.3. The Morgan fingerprint density at radius 2 is 1.07 bits per heavy atom. The third kappa shape index (κ3) is 36.5. The third-order valence-corrected chi connectivity index (χ3v) is 3.84. The van der Waals surface area contributed by atoms with Crippen molar-refractivity contribution in [3.63, 3.8) is 0 Å². The van der Waals surface area contributed by atoms with Gasteiger partial charge in [0.2, 0.25) is 0 Å². The van der Waals surface area contributed by atoms with Crippen molar-refractivity contribution in [2.45, 2.75) is 103 Å². The lowest BCUT2D eigenvalue weighted by Crippen LogP contribution is -2.50. The van der Waals surface area contributed by atoms with E-state index in [0.29, 0.717) is 0 Å². The molecule has 0 aromatic rings. The van der Waals surface area contributed by atoms with Gasteiger partial charge < -0.3 is 36.4 Å². The van der Waals surface area contributed by atoms with Gasteiger partial charge >= 0.3 is 0 Å². The summed E-state index contributed by atoms with van der Waals surface area (Å²) in [5.41, 5.74) is 7.61. The van der Waals surface area contributed by atoms with E-state index < -0.39 is 24.5 Å². The van der Waals surface area contributed by atoms with Crippen LogP contribution in [0.4, 0.5) is 0 Å². The average Bonchev–Trinajstić information content (AvgIpc) is 2.62. The molecule has 0 saturated carbocycles. The molecule has 0 saturated heterocycles. The Morgan fingerprint density at radius 3 is 1.30 bits per heavy atom. The molecule has 0 radical (unpaired) electrons. The van der Waals surface area contributed by atoms with Gasteiger partial charge in [-0.25, -0.2) is 0 Å². The molecule has 0 fully saturated rings. The standard InChI is InChI=1S/2C8H19N.C4H6O5/c2*1-2-3-4-5-6-7-8-9;5-2(4(8)9)1-3(6)7/h2*2-9H2,1H3;2,5H,1H2,(H,6,7)(H,8,9). The highest BCUT2D eigenvalue weighted by Gasteiger charge is 2.03. The van der Waals surface area contributed by atoms with Gasteiger partial charge in [0.15, 0.2) is 0 Å². The first-order chi connectivity index (χ1) is 12.9. The van der Waals surface area contributed by atoms with E-state index in [4.69, 9.17) is 5.11 Å². The van der Waals surface area contributed by atoms with Gasteiger partial charge in [-0.1, -0.05) is 65.2 Å². The number of aliphatic carboxylic acids is 2. The van der Waals surface area contributed by atoms with Crippen molar-refractivity contribution in [2.24, 2.45) is 0 Å². The van der Waals surface area contributed by atoms with Crippen LogP contribution in [0.2, 0.25) is 0 Å². The highest BCUT2D eigenvalue weighted by molar-refractivity contribution is 5.76. The van der Waals surface area contributed by atoms with Crippen LogP contribution in [-0.4, -0.2) is 36.2 Å². The van der Waals surface area contributed by atoms with E-state index in [0.717, 1.165) is 13.1 Å². The Balaban J connectivity index is -0.000000320. The summed E-state index contributed by atoms with van der Waals surface area (Å²) >= 11 is 0. The number of aliphatic hydroxyl groups excluding tert-OH is 1. The third-order valence-electron chi connectivity index (χ3n) is 3.84. The molecule has 0 aliphatic heterocycles. The second kappa shape index (κ2) is 27.0. The van der Waals surface area contributed by atoms with Crippen LogP contribution in [0.3, 0.4) is 0 Å². The molecule has 0 aromatic carbocycles. The quantitative estimate of drug-likeness (QED) is 0.318. The van der Waals surface area contributed by atoms with Crippen molar-refractivity contribution in [1.29, 1.82) is 0 Å². The molecule has 0 rings (SSSR count). The van der Waals surface area contributed by atoms with E-state index in [1.165, 1.54) is 77.0 Å². The number of carbonyl (C=O) groups excluding carboxylic acids is 2. The first-order valence-electron chi connectivity index (χ1n) is 10.5. The van der Waals surface area contributed by atoms with E-state index in [2.05, 4.69) is 25.3 Å². The fourth-order valence-corrected chi connectivity index (χ4v) is 2.16. The van der Waals surface area contributed by atoms with Crippen LogP contribution < -0.4 is 21.7 Å². The summed E-state index contributed by atoms with van der Waals surface area (Å²) in [6.45, 7) is 6.74. The molecule has 27 heavy (non-hydrogen) atoms. The molecule has 0 aliphatic carbocycles. The maximum absolute atomic E-state index is 9.58. The lowest BCUT2D eigenvalue weighted by Gasteiger charge is -2.10. The second-order valence-electron chi connectivity index (χ2n) is 6.65. The maximum atomic E-state index is 9.58. The summed E-state index contributed by atoms with van der Waals surface area (Å²) in [5.74, 6) is -3.43. The van der Waals surface area contributed by atoms with E-state index in [-0.39, 0.29) is 0 Å². The van der Waals surface area contributed by atoms with Crippen molar-refractivity contribution >= 4 is 11.9 Å². The average molecular weight is 393 g/mol. The topological polar surface area (TPSA) is 156 Å². The minimum absolute atomic E-state index is 0.928. The largest absolute Gasteiger partial charge is 0.550 e. The molecule has 0 heterocycles. The number of carboxylic acids is 2. The summed E-state index contributed by atoms with van der Waals surface area (Å²) in [4.78, 5) is 19.1. The normalized spacial score (nSPS) is 10.9. The Kier molecular flexibility index (Phi) is 30.6. The SMILES string of the molecule is CCCCCCCC[NH3+].CCCCCCCC[NH3+].O=C([O-])CC(O)C(=O)[O-]. The highest BCUT2D eigenvalue weighted by atomic mass is 16.4. The number of hydrogen-bond donors (Lipinski definition) is 3. The number of hydrogen-bond acceptors (Lipinski definition) is 5. The summed E-state index contributed by atoms with van der Waals surface area (Å²) in [6, 6.07) is 0. The molecule has 7 heteroatoms. The Morgan fingerprint density at radius 1 is 0.741 bits per heavy atom. The molecule has 1 unspecified atom stereocenters. The molecule has 0 bridgehead atoms. The number of rotatable bonds is 15. The van der Waals surface area contributed by atoms with Gasteiger partial charge in [-0.3, -0.25) is 0 Å². The molecule has 1 atom stereocenters.